The van der Waals surface area contributed by atoms with Gasteiger partial charge in [-0.3, -0.25) is 4.79 Å². The highest BCUT2D eigenvalue weighted by molar-refractivity contribution is 5.89. The van der Waals surface area contributed by atoms with Gasteiger partial charge in [0.05, 0.1) is 18.9 Å². The van der Waals surface area contributed by atoms with Crippen molar-refractivity contribution in [1.82, 2.24) is 4.90 Å². The number of urea groups is 1. The van der Waals surface area contributed by atoms with Gasteiger partial charge in [0.2, 0.25) is 0 Å². The molecule has 0 unspecified atom stereocenters. The summed E-state index contributed by atoms with van der Waals surface area (Å²) in [5.74, 6) is -0.920. The van der Waals surface area contributed by atoms with Gasteiger partial charge in [0.25, 0.3) is 0 Å². The number of hydrogen-bond acceptors (Lipinski definition) is 3. The van der Waals surface area contributed by atoms with Crippen LogP contribution in [0.3, 0.4) is 0 Å². The SMILES string of the molecule is CC(C)N(CCC#N)C(=O)Nc1cccc(CC(=O)O)c1. The van der Waals surface area contributed by atoms with Crippen molar-refractivity contribution in [3.63, 3.8) is 0 Å². The summed E-state index contributed by atoms with van der Waals surface area (Å²) in [5.41, 5.74) is 1.16. The summed E-state index contributed by atoms with van der Waals surface area (Å²) in [7, 11) is 0. The highest BCUT2D eigenvalue weighted by Gasteiger charge is 2.16. The predicted molar refractivity (Wildman–Crippen MR) is 78.9 cm³/mol. The first-order valence-electron chi connectivity index (χ1n) is 6.69. The van der Waals surface area contributed by atoms with E-state index in [1.54, 1.807) is 29.2 Å². The van der Waals surface area contributed by atoms with E-state index in [1.807, 2.05) is 19.9 Å². The van der Waals surface area contributed by atoms with Crippen LogP contribution in [0.4, 0.5) is 10.5 Å². The largest absolute Gasteiger partial charge is 0.481 e. The molecule has 1 aromatic rings. The van der Waals surface area contributed by atoms with Crippen molar-refractivity contribution < 1.29 is 14.7 Å². The maximum Gasteiger partial charge on any atom is 0.322 e. The molecule has 0 aliphatic rings. The Hall–Kier alpha value is -2.55. The lowest BCUT2D eigenvalue weighted by Gasteiger charge is -2.26. The number of carbonyl (C=O) groups is 2. The van der Waals surface area contributed by atoms with Crippen LogP contribution >= 0.6 is 0 Å². The van der Waals surface area contributed by atoms with Crippen molar-refractivity contribution in [3.05, 3.63) is 29.8 Å². The number of rotatable bonds is 6. The number of hydrogen-bond donors (Lipinski definition) is 2. The molecular weight excluding hydrogens is 270 g/mol. The summed E-state index contributed by atoms with van der Waals surface area (Å²) in [4.78, 5) is 24.4. The third-order valence-corrected chi connectivity index (χ3v) is 2.88. The Morgan fingerprint density at radius 2 is 2.14 bits per heavy atom. The zero-order chi connectivity index (χ0) is 15.8. The van der Waals surface area contributed by atoms with Gasteiger partial charge in [0, 0.05) is 18.3 Å². The second-order valence-electron chi connectivity index (χ2n) is 4.90. The Bertz CT molecular complexity index is 549. The second-order valence-corrected chi connectivity index (χ2v) is 4.90. The highest BCUT2D eigenvalue weighted by atomic mass is 16.4. The minimum atomic E-state index is -0.920. The summed E-state index contributed by atoms with van der Waals surface area (Å²) >= 11 is 0. The zero-order valence-electron chi connectivity index (χ0n) is 12.2. The number of nitriles is 1. The van der Waals surface area contributed by atoms with Gasteiger partial charge in [-0.1, -0.05) is 12.1 Å². The molecule has 0 spiro atoms. The van der Waals surface area contributed by atoms with Crippen LogP contribution in [0, 0.1) is 11.3 Å². The van der Waals surface area contributed by atoms with Crippen molar-refractivity contribution in [2.45, 2.75) is 32.7 Å². The molecule has 0 saturated carbocycles. The van der Waals surface area contributed by atoms with E-state index in [2.05, 4.69) is 5.32 Å². The van der Waals surface area contributed by atoms with Gasteiger partial charge in [-0.2, -0.15) is 5.26 Å². The molecule has 0 aromatic heterocycles. The molecule has 112 valence electrons. The van der Waals surface area contributed by atoms with Crippen LogP contribution in [-0.2, 0) is 11.2 Å². The van der Waals surface area contributed by atoms with Crippen LogP contribution in [0.2, 0.25) is 0 Å². The van der Waals surface area contributed by atoms with Crippen LogP contribution in [0.25, 0.3) is 0 Å². The van der Waals surface area contributed by atoms with Gasteiger partial charge < -0.3 is 15.3 Å². The molecule has 0 atom stereocenters. The van der Waals surface area contributed by atoms with Gasteiger partial charge in [0.1, 0.15) is 0 Å². The fourth-order valence-electron chi connectivity index (χ4n) is 1.89. The van der Waals surface area contributed by atoms with Crippen LogP contribution in [0.1, 0.15) is 25.8 Å². The average molecular weight is 289 g/mol. The van der Waals surface area contributed by atoms with Crippen LogP contribution < -0.4 is 5.32 Å². The number of nitrogens with one attached hydrogen (secondary N) is 1. The number of carboxylic acid groups (broad SMARTS) is 1. The first-order chi connectivity index (χ1) is 9.93. The first-order valence-corrected chi connectivity index (χ1v) is 6.69. The fourth-order valence-corrected chi connectivity index (χ4v) is 1.89. The average Bonchev–Trinajstić information content (AvgIpc) is 2.38. The van der Waals surface area contributed by atoms with E-state index >= 15 is 0 Å². The quantitative estimate of drug-likeness (QED) is 0.841. The maximum atomic E-state index is 12.2. The molecule has 6 nitrogen and oxygen atoms in total. The van der Waals surface area contributed by atoms with E-state index in [4.69, 9.17) is 10.4 Å². The predicted octanol–water partition coefficient (Wildman–Crippen LogP) is 2.47. The Labute approximate surface area is 124 Å². The number of carboxylic acids is 1. The molecule has 0 aliphatic heterocycles. The van der Waals surface area contributed by atoms with E-state index in [0.29, 0.717) is 17.8 Å². The van der Waals surface area contributed by atoms with Crippen molar-refractivity contribution in [3.8, 4) is 6.07 Å². The third kappa shape index (κ3) is 5.53. The van der Waals surface area contributed by atoms with Crippen molar-refractivity contribution in [2.75, 3.05) is 11.9 Å². The summed E-state index contributed by atoms with van der Waals surface area (Å²) in [6.45, 7) is 4.10. The smallest absolute Gasteiger partial charge is 0.322 e. The summed E-state index contributed by atoms with van der Waals surface area (Å²) < 4.78 is 0. The Balaban J connectivity index is 2.76. The fraction of sp³-hybridized carbons (Fsp3) is 0.400. The third-order valence-electron chi connectivity index (χ3n) is 2.88. The Morgan fingerprint density at radius 1 is 1.43 bits per heavy atom. The molecule has 6 heteroatoms. The van der Waals surface area contributed by atoms with E-state index < -0.39 is 5.97 Å². The normalized spacial score (nSPS) is 10.0. The van der Waals surface area contributed by atoms with Crippen LogP contribution in [0.5, 0.6) is 0 Å². The van der Waals surface area contributed by atoms with E-state index in [0.717, 1.165) is 0 Å². The van der Waals surface area contributed by atoms with E-state index in [1.165, 1.54) is 0 Å². The second kappa shape index (κ2) is 7.90. The number of aliphatic carboxylic acids is 1. The zero-order valence-corrected chi connectivity index (χ0v) is 12.2. The van der Waals surface area contributed by atoms with Gasteiger partial charge >= 0.3 is 12.0 Å². The molecule has 2 amide bonds. The van der Waals surface area contributed by atoms with Crippen molar-refractivity contribution in [1.29, 1.82) is 5.26 Å². The molecular formula is C15H19N3O3. The first kappa shape index (κ1) is 16.5. The molecule has 21 heavy (non-hydrogen) atoms. The summed E-state index contributed by atoms with van der Waals surface area (Å²) in [6.07, 6.45) is 0.177. The van der Waals surface area contributed by atoms with E-state index in [-0.39, 0.29) is 24.9 Å². The van der Waals surface area contributed by atoms with Gasteiger partial charge in [-0.05, 0) is 31.5 Å². The van der Waals surface area contributed by atoms with Gasteiger partial charge in [-0.15, -0.1) is 0 Å². The number of amides is 2. The summed E-state index contributed by atoms with van der Waals surface area (Å²) in [6, 6.07) is 8.42. The van der Waals surface area contributed by atoms with Crippen LogP contribution in [-0.4, -0.2) is 34.6 Å². The topological polar surface area (TPSA) is 93.4 Å². The minimum absolute atomic E-state index is 0.0273. The number of carbonyl (C=O) groups excluding carboxylic acids is 1. The molecule has 2 N–H and O–H groups in total. The van der Waals surface area contributed by atoms with Crippen molar-refractivity contribution in [2.24, 2.45) is 0 Å². The standard InChI is InChI=1S/C15H19N3O3/c1-11(2)18(8-4-7-16)15(21)17-13-6-3-5-12(9-13)10-14(19)20/h3,5-6,9,11H,4,8,10H2,1-2H3,(H,17,21)(H,19,20). The monoisotopic (exact) mass is 289 g/mol. The van der Waals surface area contributed by atoms with Gasteiger partial charge in [0.15, 0.2) is 0 Å². The minimum Gasteiger partial charge on any atom is -0.481 e. The number of nitrogens with zero attached hydrogens (tertiary/aromatic N) is 2. The number of benzene rings is 1. The molecule has 0 fully saturated rings. The molecule has 0 heterocycles. The molecule has 1 rings (SSSR count). The maximum absolute atomic E-state index is 12.2. The molecule has 0 saturated heterocycles. The highest BCUT2D eigenvalue weighted by Crippen LogP contribution is 2.13. The van der Waals surface area contributed by atoms with Crippen molar-refractivity contribution >= 4 is 17.7 Å². The molecule has 0 aliphatic carbocycles. The summed E-state index contributed by atoms with van der Waals surface area (Å²) in [5, 5.41) is 20.1. The lowest BCUT2D eigenvalue weighted by atomic mass is 10.1. The van der Waals surface area contributed by atoms with Crippen LogP contribution in [0.15, 0.2) is 24.3 Å². The van der Waals surface area contributed by atoms with Gasteiger partial charge in [-0.25, -0.2) is 4.79 Å². The Morgan fingerprint density at radius 3 is 2.71 bits per heavy atom. The molecule has 1 aromatic carbocycles. The lowest BCUT2D eigenvalue weighted by Crippen LogP contribution is -2.40. The number of anilines is 1. The molecule has 0 radical (unpaired) electrons. The van der Waals surface area contributed by atoms with E-state index in [9.17, 15) is 9.59 Å². The molecule has 0 bridgehead atoms. The Kier molecular flexibility index (Phi) is 6.21. The lowest BCUT2D eigenvalue weighted by molar-refractivity contribution is -0.136.